The Morgan fingerprint density at radius 2 is 2.05 bits per heavy atom. The summed E-state index contributed by atoms with van der Waals surface area (Å²) in [6, 6.07) is 5.30. The standard InChI is InChI=1S/C15H24N2O3/c1-15(2,8-9-19-3)10-17-12-7-5-6-11(13(12)16)14(18)20-4/h5-7,17H,8-10,16H2,1-4H3. The highest BCUT2D eigenvalue weighted by atomic mass is 16.5. The maximum Gasteiger partial charge on any atom is 0.340 e. The summed E-state index contributed by atoms with van der Waals surface area (Å²) in [6.45, 7) is 5.76. The molecule has 0 amide bonds. The minimum Gasteiger partial charge on any atom is -0.465 e. The topological polar surface area (TPSA) is 73.6 Å². The second-order valence-corrected chi connectivity index (χ2v) is 5.52. The number of ether oxygens (including phenoxy) is 2. The second kappa shape index (κ2) is 7.14. The molecule has 0 aromatic heterocycles. The molecule has 0 saturated carbocycles. The summed E-state index contributed by atoms with van der Waals surface area (Å²) in [7, 11) is 3.04. The number of carbonyl (C=O) groups is 1. The van der Waals surface area contributed by atoms with E-state index >= 15 is 0 Å². The summed E-state index contributed by atoms with van der Waals surface area (Å²) in [5.74, 6) is -0.426. The van der Waals surface area contributed by atoms with Gasteiger partial charge in [-0.3, -0.25) is 0 Å². The molecule has 5 nitrogen and oxygen atoms in total. The number of para-hydroxylation sites is 1. The summed E-state index contributed by atoms with van der Waals surface area (Å²) < 4.78 is 9.81. The van der Waals surface area contributed by atoms with Gasteiger partial charge in [0.25, 0.3) is 0 Å². The third kappa shape index (κ3) is 4.42. The molecule has 0 fully saturated rings. The molecule has 5 heteroatoms. The molecule has 0 unspecified atom stereocenters. The lowest BCUT2D eigenvalue weighted by molar-refractivity contribution is 0.0602. The Balaban J connectivity index is 2.76. The maximum absolute atomic E-state index is 11.6. The van der Waals surface area contributed by atoms with E-state index in [1.807, 2.05) is 6.07 Å². The number of hydrogen-bond donors (Lipinski definition) is 2. The van der Waals surface area contributed by atoms with Gasteiger partial charge < -0.3 is 20.5 Å². The molecule has 0 aliphatic carbocycles. The average Bonchev–Trinajstić information content (AvgIpc) is 2.43. The van der Waals surface area contributed by atoms with Crippen LogP contribution in [0.4, 0.5) is 11.4 Å². The van der Waals surface area contributed by atoms with Crippen LogP contribution in [0, 0.1) is 5.41 Å². The first kappa shape index (κ1) is 16.3. The van der Waals surface area contributed by atoms with Gasteiger partial charge >= 0.3 is 5.97 Å². The predicted octanol–water partition coefficient (Wildman–Crippen LogP) is 2.53. The number of hydrogen-bond acceptors (Lipinski definition) is 5. The Bertz CT molecular complexity index is 458. The van der Waals surface area contributed by atoms with Gasteiger partial charge in [0.2, 0.25) is 0 Å². The van der Waals surface area contributed by atoms with Crippen molar-refractivity contribution < 1.29 is 14.3 Å². The van der Waals surface area contributed by atoms with Crippen LogP contribution in [-0.2, 0) is 9.47 Å². The quantitative estimate of drug-likeness (QED) is 0.593. The highest BCUT2D eigenvalue weighted by Crippen LogP contribution is 2.26. The van der Waals surface area contributed by atoms with E-state index in [0.717, 1.165) is 18.7 Å². The molecule has 1 aromatic rings. The lowest BCUT2D eigenvalue weighted by atomic mass is 9.89. The van der Waals surface area contributed by atoms with Crippen LogP contribution in [0.1, 0.15) is 30.6 Å². The Hall–Kier alpha value is -1.75. The Morgan fingerprint density at radius 1 is 1.35 bits per heavy atom. The molecule has 112 valence electrons. The van der Waals surface area contributed by atoms with Crippen LogP contribution in [-0.4, -0.2) is 33.3 Å². The zero-order chi connectivity index (χ0) is 15.2. The number of esters is 1. The molecule has 0 bridgehead atoms. The lowest BCUT2D eigenvalue weighted by Crippen LogP contribution is -2.25. The Labute approximate surface area is 120 Å². The van der Waals surface area contributed by atoms with Crippen molar-refractivity contribution in [3.8, 4) is 0 Å². The number of carbonyl (C=O) groups excluding carboxylic acids is 1. The Morgan fingerprint density at radius 3 is 2.65 bits per heavy atom. The van der Waals surface area contributed by atoms with Crippen molar-refractivity contribution in [2.45, 2.75) is 20.3 Å². The SMILES string of the molecule is COCCC(C)(C)CNc1cccc(C(=O)OC)c1N. The largest absolute Gasteiger partial charge is 0.465 e. The molecular formula is C15H24N2O3. The molecule has 0 saturated heterocycles. The van der Waals surface area contributed by atoms with Gasteiger partial charge in [0.15, 0.2) is 0 Å². The molecule has 0 atom stereocenters. The molecule has 1 aromatic carbocycles. The number of rotatable bonds is 7. The van der Waals surface area contributed by atoms with E-state index in [9.17, 15) is 4.79 Å². The summed E-state index contributed by atoms with van der Waals surface area (Å²) in [5.41, 5.74) is 7.62. The van der Waals surface area contributed by atoms with Crippen LogP contribution in [0.2, 0.25) is 0 Å². The Kier molecular flexibility index (Phi) is 5.82. The third-order valence-corrected chi connectivity index (χ3v) is 3.25. The molecule has 0 aliphatic heterocycles. The van der Waals surface area contributed by atoms with E-state index in [1.54, 1.807) is 19.2 Å². The van der Waals surface area contributed by atoms with Gasteiger partial charge in [0.1, 0.15) is 0 Å². The number of nitrogen functional groups attached to an aromatic ring is 1. The zero-order valence-electron chi connectivity index (χ0n) is 12.7. The normalized spacial score (nSPS) is 11.2. The third-order valence-electron chi connectivity index (χ3n) is 3.25. The monoisotopic (exact) mass is 280 g/mol. The van der Waals surface area contributed by atoms with E-state index < -0.39 is 5.97 Å². The minimum absolute atomic E-state index is 0.0731. The van der Waals surface area contributed by atoms with E-state index in [4.69, 9.17) is 15.2 Å². The first-order valence-corrected chi connectivity index (χ1v) is 6.61. The lowest BCUT2D eigenvalue weighted by Gasteiger charge is -2.25. The van der Waals surface area contributed by atoms with E-state index in [2.05, 4.69) is 19.2 Å². The molecule has 0 spiro atoms. The average molecular weight is 280 g/mol. The van der Waals surface area contributed by atoms with Gasteiger partial charge in [-0.25, -0.2) is 4.79 Å². The highest BCUT2D eigenvalue weighted by molar-refractivity contribution is 5.98. The molecule has 0 radical (unpaired) electrons. The van der Waals surface area contributed by atoms with Gasteiger partial charge in [-0.1, -0.05) is 19.9 Å². The van der Waals surface area contributed by atoms with Crippen LogP contribution < -0.4 is 11.1 Å². The van der Waals surface area contributed by atoms with Crippen LogP contribution >= 0.6 is 0 Å². The van der Waals surface area contributed by atoms with Crippen LogP contribution in [0.15, 0.2) is 18.2 Å². The van der Waals surface area contributed by atoms with Gasteiger partial charge in [0, 0.05) is 20.3 Å². The number of anilines is 2. The van der Waals surface area contributed by atoms with Crippen molar-refractivity contribution in [2.75, 3.05) is 38.4 Å². The van der Waals surface area contributed by atoms with E-state index in [-0.39, 0.29) is 5.41 Å². The van der Waals surface area contributed by atoms with Crippen LogP contribution in [0.25, 0.3) is 0 Å². The smallest absolute Gasteiger partial charge is 0.340 e. The minimum atomic E-state index is -0.426. The van der Waals surface area contributed by atoms with Gasteiger partial charge in [-0.05, 0) is 24.0 Å². The zero-order valence-corrected chi connectivity index (χ0v) is 12.7. The summed E-state index contributed by atoms with van der Waals surface area (Å²) >= 11 is 0. The van der Waals surface area contributed by atoms with Crippen molar-refractivity contribution >= 4 is 17.3 Å². The van der Waals surface area contributed by atoms with Crippen molar-refractivity contribution in [1.82, 2.24) is 0 Å². The number of benzene rings is 1. The molecular weight excluding hydrogens is 256 g/mol. The fourth-order valence-corrected chi connectivity index (χ4v) is 1.81. The summed E-state index contributed by atoms with van der Waals surface area (Å²) in [6.07, 6.45) is 0.938. The van der Waals surface area contributed by atoms with Gasteiger partial charge in [-0.2, -0.15) is 0 Å². The van der Waals surface area contributed by atoms with Crippen molar-refractivity contribution in [2.24, 2.45) is 5.41 Å². The fraction of sp³-hybridized carbons (Fsp3) is 0.533. The molecule has 0 aliphatic rings. The predicted molar refractivity (Wildman–Crippen MR) is 81.0 cm³/mol. The molecule has 1 rings (SSSR count). The first-order chi connectivity index (χ1) is 9.41. The van der Waals surface area contributed by atoms with Gasteiger partial charge in [-0.15, -0.1) is 0 Å². The van der Waals surface area contributed by atoms with E-state index in [0.29, 0.717) is 17.9 Å². The first-order valence-electron chi connectivity index (χ1n) is 6.61. The number of nitrogens with two attached hydrogens (primary N) is 1. The fourth-order valence-electron chi connectivity index (χ4n) is 1.81. The summed E-state index contributed by atoms with van der Waals surface area (Å²) in [4.78, 5) is 11.6. The van der Waals surface area contributed by atoms with Crippen molar-refractivity contribution in [3.05, 3.63) is 23.8 Å². The molecule has 0 heterocycles. The number of methoxy groups -OCH3 is 2. The second-order valence-electron chi connectivity index (χ2n) is 5.52. The van der Waals surface area contributed by atoms with Crippen LogP contribution in [0.3, 0.4) is 0 Å². The molecule has 20 heavy (non-hydrogen) atoms. The van der Waals surface area contributed by atoms with E-state index in [1.165, 1.54) is 7.11 Å². The summed E-state index contributed by atoms with van der Waals surface area (Å²) in [5, 5.41) is 3.29. The van der Waals surface area contributed by atoms with Crippen molar-refractivity contribution in [1.29, 1.82) is 0 Å². The maximum atomic E-state index is 11.6. The van der Waals surface area contributed by atoms with Crippen LogP contribution in [0.5, 0.6) is 0 Å². The molecule has 3 N–H and O–H groups in total. The van der Waals surface area contributed by atoms with Crippen molar-refractivity contribution in [3.63, 3.8) is 0 Å². The number of nitrogens with one attached hydrogen (secondary N) is 1. The van der Waals surface area contributed by atoms with Gasteiger partial charge in [0.05, 0.1) is 24.0 Å². The highest BCUT2D eigenvalue weighted by Gasteiger charge is 2.19.